The van der Waals surface area contributed by atoms with Gasteiger partial charge in [-0.3, -0.25) is 0 Å². The first-order valence-corrected chi connectivity index (χ1v) is 5.72. The normalized spacial score (nSPS) is 27.9. The Hall–Kier alpha value is -0.770. The summed E-state index contributed by atoms with van der Waals surface area (Å²) in [6, 6.07) is 0.238. The topological polar surface area (TPSA) is 38.8 Å². The molecule has 0 N–H and O–H groups in total. The van der Waals surface area contributed by atoms with Gasteiger partial charge in [0.15, 0.2) is 0 Å². The molecule has 1 aliphatic carbocycles. The summed E-state index contributed by atoms with van der Waals surface area (Å²) in [4.78, 5) is 13.5. The average molecular weight is 213 g/mol. The largest absolute Gasteiger partial charge is 0.450 e. The van der Waals surface area contributed by atoms with Crippen LogP contribution in [0.4, 0.5) is 4.79 Å². The fourth-order valence-electron chi connectivity index (χ4n) is 2.54. The van der Waals surface area contributed by atoms with Gasteiger partial charge in [0.2, 0.25) is 0 Å². The molecule has 0 spiro atoms. The van der Waals surface area contributed by atoms with Gasteiger partial charge in [-0.15, -0.1) is 0 Å². The van der Waals surface area contributed by atoms with Gasteiger partial charge < -0.3 is 14.4 Å². The van der Waals surface area contributed by atoms with E-state index in [4.69, 9.17) is 9.47 Å². The van der Waals surface area contributed by atoms with Crippen molar-refractivity contribution in [3.05, 3.63) is 0 Å². The molecule has 0 radical (unpaired) electrons. The highest BCUT2D eigenvalue weighted by Gasteiger charge is 2.54. The molecule has 0 bridgehead atoms. The minimum Gasteiger partial charge on any atom is -0.450 e. The lowest BCUT2D eigenvalue weighted by Gasteiger charge is -2.30. The second-order valence-corrected chi connectivity index (χ2v) is 4.32. The van der Waals surface area contributed by atoms with Crippen molar-refractivity contribution >= 4 is 6.09 Å². The van der Waals surface area contributed by atoms with Crippen LogP contribution in [0, 0.1) is 0 Å². The Labute approximate surface area is 90.5 Å². The Bertz CT molecular complexity index is 250. The Morgan fingerprint density at radius 2 is 2.27 bits per heavy atom. The molecule has 0 unspecified atom stereocenters. The third-order valence-corrected chi connectivity index (χ3v) is 3.51. The summed E-state index contributed by atoms with van der Waals surface area (Å²) < 4.78 is 10.6. The van der Waals surface area contributed by atoms with E-state index >= 15 is 0 Å². The minimum absolute atomic E-state index is 0.0523. The second kappa shape index (κ2) is 4.00. The fraction of sp³-hybridized carbons (Fsp3) is 0.909. The molecule has 0 aromatic rings. The molecule has 1 heterocycles. The van der Waals surface area contributed by atoms with Gasteiger partial charge in [-0.2, -0.15) is 0 Å². The molecule has 2 aliphatic rings. The van der Waals surface area contributed by atoms with Gasteiger partial charge in [0.25, 0.3) is 0 Å². The van der Waals surface area contributed by atoms with Crippen LogP contribution in [0.3, 0.4) is 0 Å². The standard InChI is InChI=1S/C11H19NO3/c1-3-15-10(13)12-8-4-5-9(12)11(14-2)6-7-11/h9H,3-8H2,1-2H3/t9-/m0/s1. The predicted molar refractivity (Wildman–Crippen MR) is 55.7 cm³/mol. The zero-order chi connectivity index (χ0) is 10.9. The first kappa shape index (κ1) is 10.7. The van der Waals surface area contributed by atoms with Crippen molar-refractivity contribution in [2.45, 2.75) is 44.2 Å². The third-order valence-electron chi connectivity index (χ3n) is 3.51. The number of carbonyl (C=O) groups is 1. The molecule has 4 nitrogen and oxygen atoms in total. The van der Waals surface area contributed by atoms with Crippen molar-refractivity contribution in [2.24, 2.45) is 0 Å². The molecule has 1 saturated heterocycles. The smallest absolute Gasteiger partial charge is 0.410 e. The van der Waals surface area contributed by atoms with Gasteiger partial charge in [-0.05, 0) is 32.6 Å². The molecule has 86 valence electrons. The molecular formula is C11H19NO3. The predicted octanol–water partition coefficient (Wildman–Crippen LogP) is 1.79. The van der Waals surface area contributed by atoms with E-state index in [1.54, 1.807) is 7.11 Å². The number of hydrogen-bond donors (Lipinski definition) is 0. The van der Waals surface area contributed by atoms with Crippen LogP contribution < -0.4 is 0 Å². The van der Waals surface area contributed by atoms with Crippen LogP contribution in [0.25, 0.3) is 0 Å². The molecule has 15 heavy (non-hydrogen) atoms. The summed E-state index contributed by atoms with van der Waals surface area (Å²) in [5, 5.41) is 0. The maximum Gasteiger partial charge on any atom is 0.410 e. The zero-order valence-electron chi connectivity index (χ0n) is 9.49. The number of ether oxygens (including phenoxy) is 2. The molecule has 1 atom stereocenters. The monoisotopic (exact) mass is 213 g/mol. The second-order valence-electron chi connectivity index (χ2n) is 4.32. The van der Waals surface area contributed by atoms with Crippen LogP contribution in [0.15, 0.2) is 0 Å². The van der Waals surface area contributed by atoms with Gasteiger partial charge in [0, 0.05) is 13.7 Å². The van der Waals surface area contributed by atoms with Gasteiger partial charge in [0.1, 0.15) is 0 Å². The molecule has 2 fully saturated rings. The highest BCUT2D eigenvalue weighted by molar-refractivity contribution is 5.68. The molecule has 1 aliphatic heterocycles. The lowest BCUT2D eigenvalue weighted by Crippen LogP contribution is -2.45. The number of hydrogen-bond acceptors (Lipinski definition) is 3. The minimum atomic E-state index is -0.177. The van der Waals surface area contributed by atoms with Crippen LogP contribution >= 0.6 is 0 Å². The van der Waals surface area contributed by atoms with Crippen LogP contribution in [0.1, 0.15) is 32.6 Å². The number of likely N-dealkylation sites (tertiary alicyclic amines) is 1. The molecule has 0 aromatic heterocycles. The molecular weight excluding hydrogens is 194 g/mol. The van der Waals surface area contributed by atoms with Crippen molar-refractivity contribution in [3.8, 4) is 0 Å². The molecule has 4 heteroatoms. The number of methoxy groups -OCH3 is 1. The summed E-state index contributed by atoms with van der Waals surface area (Å²) in [5.74, 6) is 0. The molecule has 1 amide bonds. The Morgan fingerprint density at radius 1 is 1.53 bits per heavy atom. The van der Waals surface area contributed by atoms with Crippen molar-refractivity contribution < 1.29 is 14.3 Å². The summed E-state index contributed by atoms with van der Waals surface area (Å²) in [5.41, 5.74) is -0.0523. The lowest BCUT2D eigenvalue weighted by atomic mass is 10.1. The van der Waals surface area contributed by atoms with Gasteiger partial charge in [-0.1, -0.05) is 0 Å². The average Bonchev–Trinajstić information content (AvgIpc) is 2.88. The number of rotatable bonds is 3. The maximum absolute atomic E-state index is 11.7. The highest BCUT2D eigenvalue weighted by atomic mass is 16.6. The SMILES string of the molecule is CCOC(=O)N1CCC[C@H]1C1(OC)CC1. The van der Waals surface area contributed by atoms with Gasteiger partial charge in [0.05, 0.1) is 18.2 Å². The van der Waals surface area contributed by atoms with Crippen molar-refractivity contribution in [2.75, 3.05) is 20.3 Å². The van der Waals surface area contributed by atoms with Crippen molar-refractivity contribution in [1.82, 2.24) is 4.90 Å². The van der Waals surface area contributed by atoms with E-state index in [0.29, 0.717) is 6.61 Å². The Kier molecular flexibility index (Phi) is 2.87. The summed E-state index contributed by atoms with van der Waals surface area (Å²) in [6.45, 7) is 3.10. The van der Waals surface area contributed by atoms with Crippen molar-refractivity contribution in [3.63, 3.8) is 0 Å². The van der Waals surface area contributed by atoms with E-state index in [1.165, 1.54) is 0 Å². The van der Waals surface area contributed by atoms with Crippen molar-refractivity contribution in [1.29, 1.82) is 0 Å². The molecule has 0 aromatic carbocycles. The summed E-state index contributed by atoms with van der Waals surface area (Å²) in [6.07, 6.45) is 4.08. The highest BCUT2D eigenvalue weighted by Crippen LogP contribution is 2.47. The maximum atomic E-state index is 11.7. The number of carbonyl (C=O) groups excluding carboxylic acids is 1. The Balaban J connectivity index is 2.02. The quantitative estimate of drug-likeness (QED) is 0.717. The first-order chi connectivity index (χ1) is 7.23. The van der Waals surface area contributed by atoms with E-state index in [1.807, 2.05) is 11.8 Å². The lowest BCUT2D eigenvalue weighted by molar-refractivity contribution is 0.00736. The number of amides is 1. The van der Waals surface area contributed by atoms with E-state index < -0.39 is 0 Å². The van der Waals surface area contributed by atoms with E-state index in [2.05, 4.69) is 0 Å². The number of nitrogens with zero attached hydrogens (tertiary/aromatic N) is 1. The van der Waals surface area contributed by atoms with Gasteiger partial charge >= 0.3 is 6.09 Å². The zero-order valence-corrected chi connectivity index (χ0v) is 9.49. The van der Waals surface area contributed by atoms with Gasteiger partial charge in [-0.25, -0.2) is 4.79 Å². The summed E-state index contributed by atoms with van der Waals surface area (Å²) in [7, 11) is 1.74. The third kappa shape index (κ3) is 1.83. The van der Waals surface area contributed by atoms with Crippen LogP contribution in [-0.2, 0) is 9.47 Å². The molecule has 2 rings (SSSR count). The molecule has 1 saturated carbocycles. The Morgan fingerprint density at radius 3 is 2.80 bits per heavy atom. The fourth-order valence-corrected chi connectivity index (χ4v) is 2.54. The van der Waals surface area contributed by atoms with Crippen LogP contribution in [-0.4, -0.2) is 42.9 Å². The first-order valence-electron chi connectivity index (χ1n) is 5.72. The van der Waals surface area contributed by atoms with E-state index in [9.17, 15) is 4.79 Å². The summed E-state index contributed by atoms with van der Waals surface area (Å²) >= 11 is 0. The van der Waals surface area contributed by atoms with Crippen LogP contribution in [0.5, 0.6) is 0 Å². The van der Waals surface area contributed by atoms with Crippen LogP contribution in [0.2, 0.25) is 0 Å². The van der Waals surface area contributed by atoms with E-state index in [0.717, 1.165) is 32.2 Å². The van der Waals surface area contributed by atoms with E-state index in [-0.39, 0.29) is 17.7 Å².